The third-order valence-corrected chi connectivity index (χ3v) is 6.21. The van der Waals surface area contributed by atoms with Crippen LogP contribution in [0.2, 0.25) is 0 Å². The van der Waals surface area contributed by atoms with Crippen LogP contribution in [-0.2, 0) is 0 Å². The Balaban J connectivity index is 2.51. The van der Waals surface area contributed by atoms with Gasteiger partial charge in [0.1, 0.15) is 0 Å². The fraction of sp³-hybridized carbons (Fsp3) is 0.481. The lowest BCUT2D eigenvalue weighted by Crippen LogP contribution is -2.33. The van der Waals surface area contributed by atoms with Crippen LogP contribution in [0.1, 0.15) is 68.2 Å². The number of hydrogen-bond acceptors (Lipinski definition) is 2. The van der Waals surface area contributed by atoms with Crippen LogP contribution >= 0.6 is 0 Å². The van der Waals surface area contributed by atoms with E-state index in [0.717, 1.165) is 44.3 Å². The van der Waals surface area contributed by atoms with Crippen LogP contribution in [0.25, 0.3) is 5.57 Å². The molecule has 0 bridgehead atoms. The zero-order chi connectivity index (χ0) is 21.4. The summed E-state index contributed by atoms with van der Waals surface area (Å²) in [6.45, 7) is 19.0. The molecule has 2 heteroatoms. The minimum Gasteiger partial charge on any atom is -0.391 e. The molecule has 0 saturated carbocycles. The lowest BCUT2D eigenvalue weighted by atomic mass is 9.64. The highest BCUT2D eigenvalue weighted by molar-refractivity contribution is 5.85. The number of allylic oxidation sites excluding steroid dienone is 3. The van der Waals surface area contributed by atoms with Gasteiger partial charge < -0.3 is 10.6 Å². The number of benzene rings is 1. The standard InChI is InChI=1S/C27H38N2/c1-8-11-23-16-20(4)25(21(5)17-23)26-22(6)18-27(12-14-28-7,13-15-29-10-3)19-24(26)9-2/h10,16-17,28-29H,3,6,9,12-15,18-19H2,1-2,4-5,7H3. The zero-order valence-corrected chi connectivity index (χ0v) is 19.1. The number of aryl methyl sites for hydroxylation is 2. The molecule has 0 amide bonds. The van der Waals surface area contributed by atoms with Crippen LogP contribution in [0.3, 0.4) is 0 Å². The average molecular weight is 391 g/mol. The second-order valence-corrected chi connectivity index (χ2v) is 8.41. The molecule has 0 saturated heterocycles. The van der Waals surface area contributed by atoms with Crippen LogP contribution < -0.4 is 10.6 Å². The molecule has 0 fully saturated rings. The van der Waals surface area contributed by atoms with Crippen molar-refractivity contribution in [3.63, 3.8) is 0 Å². The van der Waals surface area contributed by atoms with Crippen LogP contribution in [0, 0.1) is 31.1 Å². The fourth-order valence-electron chi connectivity index (χ4n) is 4.93. The molecule has 0 aliphatic heterocycles. The molecule has 2 rings (SSSR count). The Morgan fingerprint density at radius 2 is 1.79 bits per heavy atom. The highest BCUT2D eigenvalue weighted by Crippen LogP contribution is 2.50. The maximum Gasteiger partial charge on any atom is 0.0250 e. The van der Waals surface area contributed by atoms with Gasteiger partial charge in [-0.25, -0.2) is 0 Å². The van der Waals surface area contributed by atoms with Gasteiger partial charge in [0.05, 0.1) is 0 Å². The highest BCUT2D eigenvalue weighted by Gasteiger charge is 2.36. The molecule has 1 aromatic rings. The lowest BCUT2D eigenvalue weighted by Gasteiger charge is -2.41. The van der Waals surface area contributed by atoms with Gasteiger partial charge in [-0.05, 0) is 118 Å². The molecule has 0 radical (unpaired) electrons. The summed E-state index contributed by atoms with van der Waals surface area (Å²) in [4.78, 5) is 0. The molecule has 2 N–H and O–H groups in total. The molecular weight excluding hydrogens is 352 g/mol. The first-order chi connectivity index (χ1) is 13.9. The molecule has 1 aromatic carbocycles. The molecular formula is C27H38N2. The maximum absolute atomic E-state index is 4.60. The van der Waals surface area contributed by atoms with Crippen molar-refractivity contribution >= 4 is 5.57 Å². The lowest BCUT2D eigenvalue weighted by molar-refractivity contribution is 0.228. The highest BCUT2D eigenvalue weighted by atomic mass is 14.8. The Morgan fingerprint density at radius 3 is 2.34 bits per heavy atom. The second-order valence-electron chi connectivity index (χ2n) is 8.41. The number of rotatable bonds is 9. The summed E-state index contributed by atoms with van der Waals surface area (Å²) in [6, 6.07) is 4.45. The summed E-state index contributed by atoms with van der Waals surface area (Å²) >= 11 is 0. The summed E-state index contributed by atoms with van der Waals surface area (Å²) in [5.74, 6) is 6.23. The van der Waals surface area contributed by atoms with Crippen LogP contribution in [0.5, 0.6) is 0 Å². The third-order valence-electron chi connectivity index (χ3n) is 6.21. The van der Waals surface area contributed by atoms with E-state index in [-0.39, 0.29) is 5.41 Å². The van der Waals surface area contributed by atoms with E-state index < -0.39 is 0 Å². The van der Waals surface area contributed by atoms with Gasteiger partial charge >= 0.3 is 0 Å². The monoisotopic (exact) mass is 390 g/mol. The summed E-state index contributed by atoms with van der Waals surface area (Å²) in [5.41, 5.74) is 9.61. The van der Waals surface area contributed by atoms with Crippen molar-refractivity contribution in [1.29, 1.82) is 0 Å². The molecule has 0 aromatic heterocycles. The van der Waals surface area contributed by atoms with Crippen molar-refractivity contribution < 1.29 is 0 Å². The van der Waals surface area contributed by atoms with Gasteiger partial charge in [0.2, 0.25) is 0 Å². The van der Waals surface area contributed by atoms with Crippen molar-refractivity contribution in [3.05, 3.63) is 64.9 Å². The molecule has 1 atom stereocenters. The van der Waals surface area contributed by atoms with E-state index >= 15 is 0 Å². The van der Waals surface area contributed by atoms with Crippen LogP contribution in [0.15, 0.2) is 42.6 Å². The molecule has 156 valence electrons. The summed E-state index contributed by atoms with van der Waals surface area (Å²) in [6.07, 6.45) is 7.38. The first-order valence-corrected chi connectivity index (χ1v) is 10.8. The summed E-state index contributed by atoms with van der Waals surface area (Å²) in [7, 11) is 2.04. The maximum atomic E-state index is 4.60. The fourth-order valence-corrected chi connectivity index (χ4v) is 4.93. The Morgan fingerprint density at radius 1 is 1.14 bits per heavy atom. The summed E-state index contributed by atoms with van der Waals surface area (Å²) < 4.78 is 0. The third kappa shape index (κ3) is 5.43. The first-order valence-electron chi connectivity index (χ1n) is 10.8. The van der Waals surface area contributed by atoms with Crippen molar-refractivity contribution in [2.75, 3.05) is 20.1 Å². The predicted molar refractivity (Wildman–Crippen MR) is 128 cm³/mol. The van der Waals surface area contributed by atoms with Gasteiger partial charge in [0, 0.05) is 12.1 Å². The smallest absolute Gasteiger partial charge is 0.0250 e. The Hall–Kier alpha value is -2.24. The Kier molecular flexibility index (Phi) is 8.35. The second kappa shape index (κ2) is 10.5. The van der Waals surface area contributed by atoms with Gasteiger partial charge in [-0.15, -0.1) is 5.92 Å². The van der Waals surface area contributed by atoms with E-state index in [1.54, 1.807) is 11.8 Å². The normalized spacial score (nSPS) is 19.0. The van der Waals surface area contributed by atoms with E-state index in [9.17, 15) is 0 Å². The van der Waals surface area contributed by atoms with Gasteiger partial charge in [0.15, 0.2) is 0 Å². The topological polar surface area (TPSA) is 24.1 Å². The molecule has 2 nitrogen and oxygen atoms in total. The summed E-state index contributed by atoms with van der Waals surface area (Å²) in [5, 5.41) is 6.67. The molecule has 0 spiro atoms. The van der Waals surface area contributed by atoms with E-state index in [0.29, 0.717) is 0 Å². The Bertz CT molecular complexity index is 824. The van der Waals surface area contributed by atoms with Crippen molar-refractivity contribution in [1.82, 2.24) is 10.6 Å². The minimum atomic E-state index is 0.264. The molecule has 1 aliphatic rings. The Labute approximate surface area is 178 Å². The zero-order valence-electron chi connectivity index (χ0n) is 19.1. The van der Waals surface area contributed by atoms with Gasteiger partial charge in [-0.1, -0.05) is 31.6 Å². The minimum absolute atomic E-state index is 0.264. The van der Waals surface area contributed by atoms with Crippen LogP contribution in [-0.4, -0.2) is 20.1 Å². The van der Waals surface area contributed by atoms with Crippen molar-refractivity contribution in [2.45, 2.75) is 59.8 Å². The quantitative estimate of drug-likeness (QED) is 0.405. The van der Waals surface area contributed by atoms with Crippen LogP contribution in [0.4, 0.5) is 0 Å². The van der Waals surface area contributed by atoms with Gasteiger partial charge in [0.25, 0.3) is 0 Å². The van der Waals surface area contributed by atoms with Crippen molar-refractivity contribution in [2.24, 2.45) is 5.41 Å². The van der Waals surface area contributed by atoms with E-state index in [4.69, 9.17) is 0 Å². The molecule has 1 aliphatic carbocycles. The van der Waals surface area contributed by atoms with E-state index in [1.807, 2.05) is 14.0 Å². The van der Waals surface area contributed by atoms with Crippen molar-refractivity contribution in [3.8, 4) is 11.8 Å². The van der Waals surface area contributed by atoms with Gasteiger partial charge in [-0.2, -0.15) is 0 Å². The molecule has 0 heterocycles. The molecule has 29 heavy (non-hydrogen) atoms. The predicted octanol–water partition coefficient (Wildman–Crippen LogP) is 5.91. The average Bonchev–Trinajstić information content (AvgIpc) is 2.68. The first kappa shape index (κ1) is 23.0. The molecule has 1 unspecified atom stereocenters. The number of nitrogens with one attached hydrogen (secondary N) is 2. The van der Waals surface area contributed by atoms with E-state index in [1.165, 1.54) is 34.3 Å². The number of hydrogen-bond donors (Lipinski definition) is 2. The van der Waals surface area contributed by atoms with Gasteiger partial charge in [-0.3, -0.25) is 0 Å². The van der Waals surface area contributed by atoms with E-state index in [2.05, 4.69) is 68.5 Å². The SMILES string of the molecule is C=CNCCC1(CCNC)CC(=C)C(c2c(C)cc(C#CC)cc2C)=C(CC)C1. The largest absolute Gasteiger partial charge is 0.391 e.